The molecular weight excluding hydrogens is 286 g/mol. The second kappa shape index (κ2) is 5.02. The van der Waals surface area contributed by atoms with Crippen molar-refractivity contribution in [2.24, 2.45) is 0 Å². The first-order chi connectivity index (χ1) is 9.63. The van der Waals surface area contributed by atoms with Gasteiger partial charge in [-0.15, -0.1) is 10.2 Å². The van der Waals surface area contributed by atoms with E-state index in [2.05, 4.69) is 10.2 Å². The van der Waals surface area contributed by atoms with Crippen LogP contribution in [0.1, 0.15) is 0 Å². The Morgan fingerprint density at radius 3 is 2.25 bits per heavy atom. The summed E-state index contributed by atoms with van der Waals surface area (Å²) in [7, 11) is 0. The molecule has 0 amide bonds. The average molecular weight is 293 g/mol. The third-order valence-electron chi connectivity index (χ3n) is 2.66. The third kappa shape index (κ3) is 2.40. The van der Waals surface area contributed by atoms with E-state index in [9.17, 15) is 8.78 Å². The van der Waals surface area contributed by atoms with Crippen LogP contribution in [0.2, 0.25) is 5.15 Å². The predicted molar refractivity (Wildman–Crippen MR) is 71.0 cm³/mol. The molecule has 3 nitrogen and oxygen atoms in total. The summed E-state index contributed by atoms with van der Waals surface area (Å²) in [4.78, 5) is 0. The number of aromatic nitrogens is 2. The molecule has 0 aliphatic heterocycles. The van der Waals surface area contributed by atoms with Crippen molar-refractivity contribution in [2.75, 3.05) is 0 Å². The topological polar surface area (TPSA) is 35.0 Å². The highest BCUT2D eigenvalue weighted by atomic mass is 35.5. The minimum Gasteiger partial charge on any atom is -0.437 e. The van der Waals surface area contributed by atoms with Crippen LogP contribution in [-0.2, 0) is 0 Å². The van der Waals surface area contributed by atoms with Gasteiger partial charge in [0.15, 0.2) is 5.15 Å². The van der Waals surface area contributed by atoms with Crippen LogP contribution in [0.4, 0.5) is 8.78 Å². The van der Waals surface area contributed by atoms with Gasteiger partial charge >= 0.3 is 0 Å². The summed E-state index contributed by atoms with van der Waals surface area (Å²) in [6, 6.07) is 9.95. The van der Waals surface area contributed by atoms with Gasteiger partial charge < -0.3 is 4.74 Å². The van der Waals surface area contributed by atoms with Crippen LogP contribution in [0, 0.1) is 11.6 Å². The molecule has 0 aliphatic carbocycles. The minimum absolute atomic E-state index is 0.00396. The summed E-state index contributed by atoms with van der Waals surface area (Å²) in [5, 5.41) is 9.06. The number of rotatable bonds is 2. The number of benzene rings is 2. The molecule has 0 aliphatic rings. The molecule has 0 saturated heterocycles. The molecule has 100 valence electrons. The lowest BCUT2D eigenvalue weighted by Gasteiger charge is -2.08. The Morgan fingerprint density at radius 1 is 0.900 bits per heavy atom. The first-order valence-electron chi connectivity index (χ1n) is 5.68. The Hall–Kier alpha value is -2.27. The Labute approximate surface area is 117 Å². The fourth-order valence-electron chi connectivity index (χ4n) is 1.82. The lowest BCUT2D eigenvalue weighted by atomic mass is 10.2. The number of ether oxygens (including phenoxy) is 1. The standard InChI is InChI=1S/C14H7ClF2N2O/c15-13-11-3-1-2-4-12(11)14(19-18-13)20-10-6-8(16)5-9(17)7-10/h1-7H. The van der Waals surface area contributed by atoms with E-state index in [1.807, 2.05) is 0 Å². The number of hydrogen-bond acceptors (Lipinski definition) is 3. The smallest absolute Gasteiger partial charge is 0.246 e. The Morgan fingerprint density at radius 2 is 1.55 bits per heavy atom. The van der Waals surface area contributed by atoms with Crippen molar-refractivity contribution < 1.29 is 13.5 Å². The van der Waals surface area contributed by atoms with Crippen LogP contribution in [0.15, 0.2) is 42.5 Å². The summed E-state index contributed by atoms with van der Waals surface area (Å²) < 4.78 is 31.7. The molecule has 0 spiro atoms. The maximum absolute atomic E-state index is 13.1. The zero-order chi connectivity index (χ0) is 14.1. The van der Waals surface area contributed by atoms with Gasteiger partial charge in [0.25, 0.3) is 0 Å². The molecule has 1 aromatic heterocycles. The van der Waals surface area contributed by atoms with Crippen molar-refractivity contribution in [3.05, 3.63) is 59.3 Å². The summed E-state index contributed by atoms with van der Waals surface area (Å²) in [6.45, 7) is 0. The normalized spacial score (nSPS) is 10.8. The van der Waals surface area contributed by atoms with Crippen molar-refractivity contribution in [1.82, 2.24) is 10.2 Å². The van der Waals surface area contributed by atoms with E-state index in [-0.39, 0.29) is 16.8 Å². The van der Waals surface area contributed by atoms with Gasteiger partial charge in [0.1, 0.15) is 17.4 Å². The van der Waals surface area contributed by atoms with Crippen molar-refractivity contribution in [1.29, 1.82) is 0 Å². The van der Waals surface area contributed by atoms with Crippen LogP contribution < -0.4 is 4.74 Å². The van der Waals surface area contributed by atoms with Gasteiger partial charge in [-0.25, -0.2) is 8.78 Å². The van der Waals surface area contributed by atoms with E-state index in [4.69, 9.17) is 16.3 Å². The first-order valence-corrected chi connectivity index (χ1v) is 6.06. The van der Waals surface area contributed by atoms with Gasteiger partial charge in [-0.3, -0.25) is 0 Å². The van der Waals surface area contributed by atoms with Crippen LogP contribution in [0.25, 0.3) is 10.8 Å². The number of halogens is 3. The van der Waals surface area contributed by atoms with Crippen molar-refractivity contribution in [3.63, 3.8) is 0 Å². The Balaban J connectivity index is 2.09. The second-order valence-corrected chi connectivity index (χ2v) is 4.41. The molecule has 0 bridgehead atoms. The molecule has 0 N–H and O–H groups in total. The molecule has 20 heavy (non-hydrogen) atoms. The molecular formula is C14H7ClF2N2O. The van der Waals surface area contributed by atoms with Crippen molar-refractivity contribution >= 4 is 22.4 Å². The maximum Gasteiger partial charge on any atom is 0.246 e. The lowest BCUT2D eigenvalue weighted by molar-refractivity contribution is 0.450. The summed E-state index contributed by atoms with van der Waals surface area (Å²) in [5.41, 5.74) is 0. The Kier molecular flexibility index (Phi) is 3.20. The molecule has 0 radical (unpaired) electrons. The predicted octanol–water partition coefficient (Wildman–Crippen LogP) is 4.35. The molecule has 0 unspecified atom stereocenters. The zero-order valence-corrected chi connectivity index (χ0v) is 10.7. The van der Waals surface area contributed by atoms with Crippen LogP contribution >= 0.6 is 11.6 Å². The lowest BCUT2D eigenvalue weighted by Crippen LogP contribution is -1.94. The Bertz CT molecular complexity index is 775. The van der Waals surface area contributed by atoms with Crippen molar-refractivity contribution in [2.45, 2.75) is 0 Å². The summed E-state index contributed by atoms with van der Waals surface area (Å²) >= 11 is 5.93. The molecule has 1 heterocycles. The summed E-state index contributed by atoms with van der Waals surface area (Å²) in [6.07, 6.45) is 0. The van der Waals surface area contributed by atoms with Crippen molar-refractivity contribution in [3.8, 4) is 11.6 Å². The highest BCUT2D eigenvalue weighted by Crippen LogP contribution is 2.30. The van der Waals surface area contributed by atoms with E-state index >= 15 is 0 Å². The van der Waals surface area contributed by atoms with E-state index in [0.717, 1.165) is 18.2 Å². The van der Waals surface area contributed by atoms with E-state index in [0.29, 0.717) is 10.8 Å². The minimum atomic E-state index is -0.730. The van der Waals surface area contributed by atoms with Crippen LogP contribution in [-0.4, -0.2) is 10.2 Å². The fraction of sp³-hybridized carbons (Fsp3) is 0. The SMILES string of the molecule is Fc1cc(F)cc(Oc2nnc(Cl)c3ccccc23)c1. The van der Waals surface area contributed by atoms with Gasteiger partial charge in [0.05, 0.1) is 0 Å². The average Bonchev–Trinajstić information content (AvgIpc) is 2.41. The number of hydrogen-bond donors (Lipinski definition) is 0. The number of nitrogens with zero attached hydrogens (tertiary/aromatic N) is 2. The first kappa shape index (κ1) is 12.7. The second-order valence-electron chi connectivity index (χ2n) is 4.05. The monoisotopic (exact) mass is 292 g/mol. The number of fused-ring (bicyclic) bond motifs is 1. The molecule has 0 saturated carbocycles. The van der Waals surface area contributed by atoms with E-state index in [1.54, 1.807) is 24.3 Å². The molecule has 0 fully saturated rings. The van der Waals surface area contributed by atoms with Gasteiger partial charge in [0.2, 0.25) is 5.88 Å². The van der Waals surface area contributed by atoms with Gasteiger partial charge in [-0.2, -0.15) is 0 Å². The zero-order valence-electron chi connectivity index (χ0n) is 9.98. The van der Waals surface area contributed by atoms with E-state index in [1.165, 1.54) is 0 Å². The molecule has 3 rings (SSSR count). The third-order valence-corrected chi connectivity index (χ3v) is 2.94. The summed E-state index contributed by atoms with van der Waals surface area (Å²) in [5.74, 6) is -1.32. The quantitative estimate of drug-likeness (QED) is 0.704. The highest BCUT2D eigenvalue weighted by Gasteiger charge is 2.10. The fourth-order valence-corrected chi connectivity index (χ4v) is 2.02. The maximum atomic E-state index is 13.1. The largest absolute Gasteiger partial charge is 0.437 e. The molecule has 3 aromatic rings. The van der Waals surface area contributed by atoms with E-state index < -0.39 is 11.6 Å². The van der Waals surface area contributed by atoms with Crippen LogP contribution in [0.5, 0.6) is 11.6 Å². The van der Waals surface area contributed by atoms with Crippen LogP contribution in [0.3, 0.4) is 0 Å². The van der Waals surface area contributed by atoms with Gasteiger partial charge in [-0.1, -0.05) is 29.8 Å². The van der Waals surface area contributed by atoms with Gasteiger partial charge in [0, 0.05) is 29.0 Å². The molecule has 2 aromatic carbocycles. The molecule has 0 atom stereocenters. The van der Waals surface area contributed by atoms with Gasteiger partial charge in [-0.05, 0) is 6.07 Å². The molecule has 6 heteroatoms. The highest BCUT2D eigenvalue weighted by molar-refractivity contribution is 6.34.